The number of piperazine rings is 1. The number of nitrogens with zero attached hydrogens (tertiary/aromatic N) is 3. The first kappa shape index (κ1) is 16.9. The first-order valence-electron chi connectivity index (χ1n) is 7.79. The molecule has 0 bridgehead atoms. The van der Waals surface area contributed by atoms with Crippen LogP contribution in [0.1, 0.15) is 5.56 Å². The number of amidine groups is 1. The molecule has 24 heavy (non-hydrogen) atoms. The monoisotopic (exact) mass is 347 g/mol. The molecule has 1 aromatic carbocycles. The fourth-order valence-electron chi connectivity index (χ4n) is 2.61. The molecule has 0 aromatic heterocycles. The van der Waals surface area contributed by atoms with Gasteiger partial charge in [0.2, 0.25) is 0 Å². The van der Waals surface area contributed by atoms with Gasteiger partial charge in [-0.05, 0) is 37.0 Å². The van der Waals surface area contributed by atoms with E-state index in [0.717, 1.165) is 36.9 Å². The van der Waals surface area contributed by atoms with E-state index in [9.17, 15) is 4.79 Å². The lowest BCUT2D eigenvalue weighted by molar-refractivity contribution is -0.113. The topological polar surface area (TPSA) is 54.4 Å². The van der Waals surface area contributed by atoms with Gasteiger partial charge in [-0.15, -0.1) is 0 Å². The van der Waals surface area contributed by atoms with Gasteiger partial charge in [0.05, 0.1) is 19.1 Å². The number of hydrogen-bond donors (Lipinski definition) is 0. The highest BCUT2D eigenvalue weighted by atomic mass is 32.2. The zero-order valence-electron chi connectivity index (χ0n) is 14.1. The number of benzene rings is 1. The summed E-state index contributed by atoms with van der Waals surface area (Å²) in [4.78, 5) is 21.5. The predicted molar refractivity (Wildman–Crippen MR) is 96.6 cm³/mol. The summed E-state index contributed by atoms with van der Waals surface area (Å²) in [6.45, 7) is 3.77. The molecule has 1 amide bonds. The molecule has 2 aliphatic rings. The molecule has 0 spiro atoms. The van der Waals surface area contributed by atoms with Crippen LogP contribution in [-0.2, 0) is 4.79 Å². The number of hydrogen-bond acceptors (Lipinski definition) is 6. The van der Waals surface area contributed by atoms with Gasteiger partial charge in [-0.25, -0.2) is 0 Å². The number of thioether (sulfide) groups is 1. The number of aliphatic imine (C=N–C) groups is 1. The number of ether oxygens (including phenoxy) is 2. The molecule has 7 heteroatoms. The van der Waals surface area contributed by atoms with E-state index < -0.39 is 0 Å². The fraction of sp³-hybridized carbons (Fsp3) is 0.412. The van der Waals surface area contributed by atoms with Crippen LogP contribution < -0.4 is 9.47 Å². The molecule has 3 rings (SSSR count). The Labute approximate surface area is 146 Å². The standard InChI is InChI=1S/C17H21N3O3S/c1-19-6-8-20(9-7-19)17-18-16(21)15(24-17)10-12-4-5-13(22-2)11-14(12)23-3/h4-5,10-11H,6-9H2,1-3H3/b15-10+. The molecule has 2 aliphatic heterocycles. The van der Waals surface area contributed by atoms with E-state index in [1.54, 1.807) is 20.3 Å². The summed E-state index contributed by atoms with van der Waals surface area (Å²) in [5, 5.41) is 0.798. The average Bonchev–Trinajstić information content (AvgIpc) is 2.96. The highest BCUT2D eigenvalue weighted by Gasteiger charge is 2.28. The van der Waals surface area contributed by atoms with Crippen LogP contribution in [0.15, 0.2) is 28.1 Å². The molecule has 128 valence electrons. The normalized spacial score (nSPS) is 20.5. The molecular formula is C17H21N3O3S. The maximum absolute atomic E-state index is 12.2. The van der Waals surface area contributed by atoms with Crippen LogP contribution >= 0.6 is 11.8 Å². The zero-order chi connectivity index (χ0) is 17.1. The Bertz CT molecular complexity index is 694. The van der Waals surface area contributed by atoms with Crippen molar-refractivity contribution in [2.75, 3.05) is 47.4 Å². The molecule has 0 N–H and O–H groups in total. The van der Waals surface area contributed by atoms with Crippen LogP contribution in [0.3, 0.4) is 0 Å². The van der Waals surface area contributed by atoms with Gasteiger partial charge >= 0.3 is 0 Å². The highest BCUT2D eigenvalue weighted by Crippen LogP contribution is 2.33. The van der Waals surface area contributed by atoms with Crippen molar-refractivity contribution in [3.05, 3.63) is 28.7 Å². The second kappa shape index (κ2) is 7.27. The second-order valence-electron chi connectivity index (χ2n) is 5.71. The van der Waals surface area contributed by atoms with Crippen molar-refractivity contribution >= 4 is 28.9 Å². The molecule has 1 fully saturated rings. The molecule has 2 heterocycles. The van der Waals surface area contributed by atoms with Crippen molar-refractivity contribution in [1.82, 2.24) is 9.80 Å². The lowest BCUT2D eigenvalue weighted by Crippen LogP contribution is -2.46. The fourth-order valence-corrected chi connectivity index (χ4v) is 3.57. The van der Waals surface area contributed by atoms with Gasteiger partial charge in [-0.2, -0.15) is 4.99 Å². The van der Waals surface area contributed by atoms with E-state index in [2.05, 4.69) is 21.8 Å². The number of amides is 1. The lowest BCUT2D eigenvalue weighted by atomic mass is 10.1. The van der Waals surface area contributed by atoms with Crippen molar-refractivity contribution in [3.63, 3.8) is 0 Å². The van der Waals surface area contributed by atoms with Gasteiger partial charge in [-0.1, -0.05) is 0 Å². The van der Waals surface area contributed by atoms with Crippen LogP contribution in [0.2, 0.25) is 0 Å². The minimum absolute atomic E-state index is 0.188. The van der Waals surface area contributed by atoms with Gasteiger partial charge in [0, 0.05) is 37.8 Å². The number of methoxy groups -OCH3 is 2. The van der Waals surface area contributed by atoms with Crippen LogP contribution in [0.5, 0.6) is 11.5 Å². The molecule has 0 atom stereocenters. The van der Waals surface area contributed by atoms with Crippen molar-refractivity contribution in [2.45, 2.75) is 0 Å². The summed E-state index contributed by atoms with van der Waals surface area (Å²) in [6.07, 6.45) is 1.83. The SMILES string of the molecule is COc1ccc(/C=C2/SC(N3CCN(C)CC3)=NC2=O)c(OC)c1. The molecular weight excluding hydrogens is 326 g/mol. The molecule has 1 saturated heterocycles. The number of carbonyl (C=O) groups excluding carboxylic acids is 1. The Hall–Kier alpha value is -1.99. The van der Waals surface area contributed by atoms with Gasteiger partial charge < -0.3 is 19.3 Å². The van der Waals surface area contributed by atoms with Crippen molar-refractivity contribution in [3.8, 4) is 11.5 Å². The minimum atomic E-state index is -0.188. The molecule has 0 aliphatic carbocycles. The summed E-state index contributed by atoms with van der Waals surface area (Å²) in [7, 11) is 5.32. The molecule has 0 radical (unpaired) electrons. The third kappa shape index (κ3) is 3.57. The Balaban J connectivity index is 1.77. The Morgan fingerprint density at radius 1 is 1.17 bits per heavy atom. The minimum Gasteiger partial charge on any atom is -0.497 e. The quantitative estimate of drug-likeness (QED) is 0.779. The summed E-state index contributed by atoms with van der Waals surface area (Å²) < 4.78 is 10.6. The predicted octanol–water partition coefficient (Wildman–Crippen LogP) is 1.92. The third-order valence-electron chi connectivity index (χ3n) is 4.11. The zero-order valence-corrected chi connectivity index (χ0v) is 14.9. The van der Waals surface area contributed by atoms with E-state index in [-0.39, 0.29) is 5.91 Å². The molecule has 0 unspecified atom stereocenters. The van der Waals surface area contributed by atoms with E-state index >= 15 is 0 Å². The van der Waals surface area contributed by atoms with Crippen LogP contribution in [-0.4, -0.2) is 68.3 Å². The number of rotatable bonds is 3. The van der Waals surface area contributed by atoms with Gasteiger partial charge in [-0.3, -0.25) is 4.79 Å². The van der Waals surface area contributed by atoms with Gasteiger partial charge in [0.25, 0.3) is 5.91 Å². The van der Waals surface area contributed by atoms with Crippen LogP contribution in [0.4, 0.5) is 0 Å². The highest BCUT2D eigenvalue weighted by molar-refractivity contribution is 8.18. The van der Waals surface area contributed by atoms with E-state index in [0.29, 0.717) is 16.4 Å². The lowest BCUT2D eigenvalue weighted by Gasteiger charge is -2.32. The Kier molecular flexibility index (Phi) is 5.11. The average molecular weight is 347 g/mol. The van der Waals surface area contributed by atoms with Crippen molar-refractivity contribution in [1.29, 1.82) is 0 Å². The summed E-state index contributed by atoms with van der Waals surface area (Å²) in [5.41, 5.74) is 0.837. The van der Waals surface area contributed by atoms with E-state index in [4.69, 9.17) is 9.47 Å². The second-order valence-corrected chi connectivity index (χ2v) is 6.72. The first-order chi connectivity index (χ1) is 11.6. The van der Waals surface area contributed by atoms with E-state index in [1.165, 1.54) is 11.8 Å². The number of carbonyl (C=O) groups is 1. The summed E-state index contributed by atoms with van der Waals surface area (Å²) >= 11 is 1.43. The first-order valence-corrected chi connectivity index (χ1v) is 8.60. The third-order valence-corrected chi connectivity index (χ3v) is 5.15. The van der Waals surface area contributed by atoms with E-state index in [1.807, 2.05) is 18.2 Å². The summed E-state index contributed by atoms with van der Waals surface area (Å²) in [5.74, 6) is 1.20. The maximum atomic E-state index is 12.2. The smallest absolute Gasteiger partial charge is 0.286 e. The molecule has 0 saturated carbocycles. The maximum Gasteiger partial charge on any atom is 0.286 e. The summed E-state index contributed by atoms with van der Waals surface area (Å²) in [6, 6.07) is 5.53. The van der Waals surface area contributed by atoms with Crippen molar-refractivity contribution in [2.24, 2.45) is 4.99 Å². The van der Waals surface area contributed by atoms with Crippen LogP contribution in [0.25, 0.3) is 6.08 Å². The number of likely N-dealkylation sites (N-methyl/N-ethyl adjacent to an activating group) is 1. The van der Waals surface area contributed by atoms with Gasteiger partial charge in [0.1, 0.15) is 11.5 Å². The Morgan fingerprint density at radius 2 is 1.92 bits per heavy atom. The molecule has 1 aromatic rings. The largest absolute Gasteiger partial charge is 0.497 e. The Morgan fingerprint density at radius 3 is 2.58 bits per heavy atom. The van der Waals surface area contributed by atoms with Gasteiger partial charge in [0.15, 0.2) is 5.17 Å². The molecule has 6 nitrogen and oxygen atoms in total. The van der Waals surface area contributed by atoms with Crippen molar-refractivity contribution < 1.29 is 14.3 Å². The van der Waals surface area contributed by atoms with Crippen LogP contribution in [0, 0.1) is 0 Å².